The first-order chi connectivity index (χ1) is 15.8. The fourth-order valence-corrected chi connectivity index (χ4v) is 4.43. The van der Waals surface area contributed by atoms with Crippen LogP contribution in [0.3, 0.4) is 0 Å². The highest BCUT2D eigenvalue weighted by atomic mass is 35.5. The molecule has 0 spiro atoms. The number of amides is 4. The number of piperidine rings is 1. The Labute approximate surface area is 197 Å². The van der Waals surface area contributed by atoms with E-state index in [4.69, 9.17) is 16.6 Å². The topological polar surface area (TPSA) is 108 Å². The summed E-state index contributed by atoms with van der Waals surface area (Å²) < 4.78 is 0. The molecule has 174 valence electrons. The predicted octanol–water partition coefficient (Wildman–Crippen LogP) is 2.56. The number of halogens is 1. The fourth-order valence-electron chi connectivity index (χ4n) is 4.30. The van der Waals surface area contributed by atoms with Crippen LogP contribution in [0.5, 0.6) is 0 Å². The molecule has 0 radical (unpaired) electrons. The number of imide groups is 1. The summed E-state index contributed by atoms with van der Waals surface area (Å²) in [5.74, 6) is 0.0757. The fraction of sp³-hybridized carbons (Fsp3) is 0.435. The Hall–Kier alpha value is -3.20. The smallest absolute Gasteiger partial charge is 0.322 e. The second kappa shape index (κ2) is 9.74. The van der Waals surface area contributed by atoms with Crippen molar-refractivity contribution in [2.24, 2.45) is 0 Å². The maximum Gasteiger partial charge on any atom is 0.322 e. The Morgan fingerprint density at radius 1 is 1.18 bits per heavy atom. The molecule has 33 heavy (non-hydrogen) atoms. The minimum atomic E-state index is -0.714. The van der Waals surface area contributed by atoms with Gasteiger partial charge in [0.05, 0.1) is 5.69 Å². The van der Waals surface area contributed by atoms with Crippen molar-refractivity contribution < 1.29 is 14.4 Å². The number of likely N-dealkylation sites (tertiary alicyclic amines) is 1. The lowest BCUT2D eigenvalue weighted by Gasteiger charge is -2.35. The van der Waals surface area contributed by atoms with Crippen LogP contribution in [-0.4, -0.2) is 65.9 Å². The van der Waals surface area contributed by atoms with Crippen molar-refractivity contribution in [3.05, 3.63) is 41.2 Å². The van der Waals surface area contributed by atoms with Gasteiger partial charge in [-0.2, -0.15) is 0 Å². The number of benzene rings is 1. The van der Waals surface area contributed by atoms with Gasteiger partial charge in [-0.3, -0.25) is 14.9 Å². The second-order valence-electron chi connectivity index (χ2n) is 8.61. The Kier molecular flexibility index (Phi) is 6.78. The SMILES string of the molecule is CN(C)c1ncc(-c2ccc(Cl)cc2)c([C@@H]2CCCN(C(=O)[C@@H]3CCC(=O)NC(=O)N3)C2)n1. The van der Waals surface area contributed by atoms with E-state index >= 15 is 0 Å². The van der Waals surface area contributed by atoms with Crippen molar-refractivity contribution in [2.75, 3.05) is 32.1 Å². The van der Waals surface area contributed by atoms with E-state index in [-0.39, 0.29) is 30.6 Å². The highest BCUT2D eigenvalue weighted by Crippen LogP contribution is 2.34. The van der Waals surface area contributed by atoms with Crippen molar-refractivity contribution >= 4 is 35.4 Å². The molecule has 0 unspecified atom stereocenters. The molecule has 2 fully saturated rings. The van der Waals surface area contributed by atoms with Crippen molar-refractivity contribution in [3.63, 3.8) is 0 Å². The van der Waals surface area contributed by atoms with E-state index in [2.05, 4.69) is 15.6 Å². The standard InChI is InChI=1S/C23H27ClN6O3/c1-29(2)22-25-12-17(14-5-7-16(24)8-6-14)20(28-22)15-4-3-11-30(13-15)21(32)18-9-10-19(31)27-23(33)26-18/h5-8,12,15,18H,3-4,9-11,13H2,1-2H3,(H2,26,27,31,33)/t15-,18+/m1/s1. The lowest BCUT2D eigenvalue weighted by molar-refractivity contribution is -0.134. The van der Waals surface area contributed by atoms with Crippen LogP contribution in [0, 0.1) is 0 Å². The first kappa shape index (κ1) is 23.0. The molecule has 2 N–H and O–H groups in total. The van der Waals surface area contributed by atoms with Gasteiger partial charge in [0.1, 0.15) is 6.04 Å². The number of nitrogens with one attached hydrogen (secondary N) is 2. The Morgan fingerprint density at radius 2 is 1.94 bits per heavy atom. The largest absolute Gasteiger partial charge is 0.347 e. The molecule has 2 saturated heterocycles. The molecule has 2 aliphatic rings. The second-order valence-corrected chi connectivity index (χ2v) is 9.04. The van der Waals surface area contributed by atoms with Gasteiger partial charge in [-0.1, -0.05) is 23.7 Å². The van der Waals surface area contributed by atoms with E-state index in [1.807, 2.05) is 49.5 Å². The van der Waals surface area contributed by atoms with Crippen molar-refractivity contribution in [2.45, 2.75) is 37.6 Å². The minimum absolute atomic E-state index is 0.0105. The number of hydrogen-bond acceptors (Lipinski definition) is 6. The van der Waals surface area contributed by atoms with E-state index in [1.54, 1.807) is 4.90 Å². The molecule has 0 bridgehead atoms. The zero-order chi connectivity index (χ0) is 23.5. The molecule has 2 atom stereocenters. The van der Waals surface area contributed by atoms with Crippen LogP contribution in [0.1, 0.15) is 37.3 Å². The Morgan fingerprint density at radius 3 is 2.67 bits per heavy atom. The molecule has 4 rings (SSSR count). The van der Waals surface area contributed by atoms with Gasteiger partial charge in [-0.05, 0) is 37.0 Å². The Bertz CT molecular complexity index is 1060. The molecule has 0 saturated carbocycles. The zero-order valence-corrected chi connectivity index (χ0v) is 19.4. The average Bonchev–Trinajstić information content (AvgIpc) is 2.98. The van der Waals surface area contributed by atoms with Gasteiger partial charge in [0, 0.05) is 56.3 Å². The summed E-state index contributed by atoms with van der Waals surface area (Å²) in [7, 11) is 3.78. The van der Waals surface area contributed by atoms with Crippen LogP contribution < -0.4 is 15.5 Å². The number of nitrogens with zero attached hydrogens (tertiary/aromatic N) is 4. The maximum absolute atomic E-state index is 13.2. The summed E-state index contributed by atoms with van der Waals surface area (Å²) in [6, 6.07) is 6.21. The van der Waals surface area contributed by atoms with Gasteiger partial charge in [0.15, 0.2) is 0 Å². The molecule has 3 heterocycles. The quantitative estimate of drug-likeness (QED) is 0.711. The third-order valence-corrected chi connectivity index (χ3v) is 6.25. The molecular weight excluding hydrogens is 444 g/mol. The third-order valence-electron chi connectivity index (χ3n) is 6.00. The summed E-state index contributed by atoms with van der Waals surface area (Å²) >= 11 is 6.08. The number of aromatic nitrogens is 2. The molecular formula is C23H27ClN6O3. The van der Waals surface area contributed by atoms with E-state index in [0.717, 1.165) is 29.7 Å². The van der Waals surface area contributed by atoms with Crippen LogP contribution in [0.2, 0.25) is 5.02 Å². The van der Waals surface area contributed by atoms with Crippen molar-refractivity contribution in [3.8, 4) is 11.1 Å². The number of carbonyl (C=O) groups is 3. The molecule has 4 amide bonds. The number of carbonyl (C=O) groups excluding carboxylic acids is 3. The number of rotatable bonds is 4. The number of anilines is 1. The predicted molar refractivity (Wildman–Crippen MR) is 125 cm³/mol. The molecule has 9 nitrogen and oxygen atoms in total. The average molecular weight is 471 g/mol. The van der Waals surface area contributed by atoms with Crippen LogP contribution in [0.25, 0.3) is 11.1 Å². The zero-order valence-electron chi connectivity index (χ0n) is 18.7. The molecule has 1 aromatic heterocycles. The maximum atomic E-state index is 13.2. The van der Waals surface area contributed by atoms with E-state index < -0.39 is 12.1 Å². The van der Waals surface area contributed by atoms with Gasteiger partial charge in [0.2, 0.25) is 17.8 Å². The molecule has 1 aromatic carbocycles. The normalized spacial score (nSPS) is 21.1. The van der Waals surface area contributed by atoms with E-state index in [1.165, 1.54) is 0 Å². The number of urea groups is 1. The molecule has 10 heteroatoms. The van der Waals surface area contributed by atoms with Gasteiger partial charge >= 0.3 is 6.03 Å². The lowest BCUT2D eigenvalue weighted by Crippen LogP contribution is -2.51. The first-order valence-corrected chi connectivity index (χ1v) is 11.4. The summed E-state index contributed by atoms with van der Waals surface area (Å²) in [6.45, 7) is 1.09. The number of hydrogen-bond donors (Lipinski definition) is 2. The van der Waals surface area contributed by atoms with Crippen molar-refractivity contribution in [1.82, 2.24) is 25.5 Å². The van der Waals surface area contributed by atoms with Crippen LogP contribution in [0.4, 0.5) is 10.7 Å². The highest BCUT2D eigenvalue weighted by Gasteiger charge is 2.34. The first-order valence-electron chi connectivity index (χ1n) is 11.0. The van der Waals surface area contributed by atoms with Gasteiger partial charge in [-0.25, -0.2) is 14.8 Å². The summed E-state index contributed by atoms with van der Waals surface area (Å²) in [5, 5.41) is 5.49. The lowest BCUT2D eigenvalue weighted by atomic mass is 9.89. The van der Waals surface area contributed by atoms with Gasteiger partial charge < -0.3 is 15.1 Å². The summed E-state index contributed by atoms with van der Waals surface area (Å²) in [6.07, 6.45) is 3.93. The highest BCUT2D eigenvalue weighted by molar-refractivity contribution is 6.30. The Balaban J connectivity index is 1.61. The van der Waals surface area contributed by atoms with Crippen LogP contribution >= 0.6 is 11.6 Å². The van der Waals surface area contributed by atoms with E-state index in [0.29, 0.717) is 24.1 Å². The van der Waals surface area contributed by atoms with Crippen LogP contribution in [0.15, 0.2) is 30.5 Å². The minimum Gasteiger partial charge on any atom is -0.347 e. The third kappa shape index (κ3) is 5.24. The summed E-state index contributed by atoms with van der Waals surface area (Å²) in [5.41, 5.74) is 2.76. The van der Waals surface area contributed by atoms with Crippen molar-refractivity contribution in [1.29, 1.82) is 0 Å². The molecule has 0 aliphatic carbocycles. The molecule has 2 aromatic rings. The monoisotopic (exact) mass is 470 g/mol. The van der Waals surface area contributed by atoms with Gasteiger partial charge in [0.25, 0.3) is 0 Å². The van der Waals surface area contributed by atoms with Crippen LogP contribution in [-0.2, 0) is 9.59 Å². The molecule has 2 aliphatic heterocycles. The van der Waals surface area contributed by atoms with Gasteiger partial charge in [-0.15, -0.1) is 0 Å². The van der Waals surface area contributed by atoms with E-state index in [9.17, 15) is 14.4 Å². The summed E-state index contributed by atoms with van der Waals surface area (Å²) in [4.78, 5) is 49.7.